The van der Waals surface area contributed by atoms with Gasteiger partial charge in [-0.25, -0.2) is 17.2 Å². The van der Waals surface area contributed by atoms with E-state index in [1.807, 2.05) is 0 Å². The number of nitrogens with one attached hydrogen (secondary N) is 1. The maximum atomic E-state index is 14.6. The van der Waals surface area contributed by atoms with Gasteiger partial charge in [0.05, 0.1) is 22.5 Å². The number of nitrogens with two attached hydrogens (primary N) is 1. The van der Waals surface area contributed by atoms with E-state index < -0.39 is 69.4 Å². The molecule has 0 saturated carbocycles. The molecule has 0 aromatic heterocycles. The number of benzene rings is 2. The van der Waals surface area contributed by atoms with Gasteiger partial charge in [-0.3, -0.25) is 19.8 Å². The lowest BCUT2D eigenvalue weighted by Gasteiger charge is -2.56. The van der Waals surface area contributed by atoms with Gasteiger partial charge >= 0.3 is 0 Å². The minimum absolute atomic E-state index is 0.0666. The second-order valence-corrected chi connectivity index (χ2v) is 12.0. The van der Waals surface area contributed by atoms with Gasteiger partial charge < -0.3 is 10.6 Å². The normalized spacial score (nSPS) is 24.9. The van der Waals surface area contributed by atoms with Crippen LogP contribution in [0, 0.1) is 11.6 Å². The molecular formula is C23H24Cl2F2N4O4S. The van der Waals surface area contributed by atoms with Crippen LogP contribution in [0.3, 0.4) is 0 Å². The maximum Gasteiger partial charge on any atom is 0.246 e. The first-order valence-electron chi connectivity index (χ1n) is 11.1. The minimum atomic E-state index is -4.52. The Hall–Kier alpha value is -2.31. The van der Waals surface area contributed by atoms with E-state index in [0.717, 1.165) is 17.0 Å². The van der Waals surface area contributed by atoms with Gasteiger partial charge in [0.2, 0.25) is 26.6 Å². The van der Waals surface area contributed by atoms with E-state index in [2.05, 4.69) is 5.32 Å². The zero-order chi connectivity index (χ0) is 26.6. The zero-order valence-corrected chi connectivity index (χ0v) is 21.7. The molecule has 8 nitrogen and oxygen atoms in total. The molecule has 2 saturated heterocycles. The molecule has 36 heavy (non-hydrogen) atoms. The molecule has 2 aliphatic heterocycles. The quantitative estimate of drug-likeness (QED) is 0.580. The molecule has 3 N–H and O–H groups in total. The number of carbonyl (C=O) groups excluding carboxylic acids is 2. The van der Waals surface area contributed by atoms with E-state index in [9.17, 15) is 26.8 Å². The number of fused-ring (bicyclic) bond motifs is 1. The average molecular weight is 561 g/mol. The van der Waals surface area contributed by atoms with Crippen LogP contribution in [0.15, 0.2) is 41.3 Å². The highest BCUT2D eigenvalue weighted by atomic mass is 35.5. The highest BCUT2D eigenvalue weighted by Gasteiger charge is 2.63. The third kappa shape index (κ3) is 4.26. The summed E-state index contributed by atoms with van der Waals surface area (Å²) in [5, 5.41) is 2.93. The Labute approximate surface area is 217 Å². The van der Waals surface area contributed by atoms with Crippen molar-refractivity contribution in [3.05, 3.63) is 63.6 Å². The molecule has 4 rings (SSSR count). The van der Waals surface area contributed by atoms with E-state index in [4.69, 9.17) is 28.9 Å². The Balaban J connectivity index is 1.94. The Morgan fingerprint density at radius 1 is 1.14 bits per heavy atom. The van der Waals surface area contributed by atoms with Crippen LogP contribution < -0.4 is 11.1 Å². The highest BCUT2D eigenvalue weighted by molar-refractivity contribution is 7.93. The monoisotopic (exact) mass is 560 g/mol. The van der Waals surface area contributed by atoms with Crippen molar-refractivity contribution < 1.29 is 26.8 Å². The fourth-order valence-electron chi connectivity index (χ4n) is 4.64. The minimum Gasteiger partial charge on any atom is -0.334 e. The van der Waals surface area contributed by atoms with Gasteiger partial charge in [0.15, 0.2) is 0 Å². The number of rotatable bonds is 5. The molecule has 2 aliphatic rings. The Bertz CT molecular complexity index is 1340. The van der Waals surface area contributed by atoms with Crippen molar-refractivity contribution in [2.75, 3.05) is 13.1 Å². The Morgan fingerprint density at radius 2 is 1.83 bits per heavy atom. The lowest BCUT2D eigenvalue weighted by molar-refractivity contribution is -0.166. The summed E-state index contributed by atoms with van der Waals surface area (Å²) in [7, 11) is -4.52. The Morgan fingerprint density at radius 3 is 2.44 bits per heavy atom. The summed E-state index contributed by atoms with van der Waals surface area (Å²) in [6.45, 7) is 2.76. The van der Waals surface area contributed by atoms with Gasteiger partial charge in [-0.2, -0.15) is 0 Å². The molecule has 2 heterocycles. The van der Waals surface area contributed by atoms with E-state index in [0.29, 0.717) is 6.07 Å². The summed E-state index contributed by atoms with van der Waals surface area (Å²) in [4.78, 5) is 26.8. The molecule has 2 aromatic carbocycles. The van der Waals surface area contributed by atoms with E-state index in [1.165, 1.54) is 23.1 Å². The van der Waals surface area contributed by atoms with Crippen LogP contribution in [-0.4, -0.2) is 66.2 Å². The molecule has 0 aliphatic carbocycles. The lowest BCUT2D eigenvalue weighted by atomic mass is 9.96. The second-order valence-electron chi connectivity index (χ2n) is 9.07. The standard InChI is InChI=1S/C23H24Cl2F2N4O4S/c1-12(2)30-11-23(36(34,35)20-6-4-14(24)8-16(20)25)29-10-18(28)21(32)31(23)19(22(30)33)7-13-3-5-15(26)9-17(13)27/h3-6,8-9,12,18-19,29H,7,10-11,28H2,1-2H3. The van der Waals surface area contributed by atoms with Gasteiger partial charge in [-0.15, -0.1) is 0 Å². The third-order valence-electron chi connectivity index (χ3n) is 6.49. The van der Waals surface area contributed by atoms with Crippen molar-refractivity contribution in [3.63, 3.8) is 0 Å². The van der Waals surface area contributed by atoms with Crippen molar-refractivity contribution in [1.82, 2.24) is 15.1 Å². The van der Waals surface area contributed by atoms with Crippen molar-refractivity contribution in [2.24, 2.45) is 5.73 Å². The van der Waals surface area contributed by atoms with Gasteiger partial charge in [0.1, 0.15) is 17.7 Å². The fourth-order valence-corrected chi connectivity index (χ4v) is 7.34. The zero-order valence-electron chi connectivity index (χ0n) is 19.3. The summed E-state index contributed by atoms with van der Waals surface area (Å²) in [5.74, 6) is -3.14. The molecule has 3 atom stereocenters. The number of hydrogen-bond acceptors (Lipinski definition) is 6. The van der Waals surface area contributed by atoms with Gasteiger partial charge in [-0.05, 0) is 43.7 Å². The molecule has 0 radical (unpaired) electrons. The number of piperazine rings is 1. The predicted octanol–water partition coefficient (Wildman–Crippen LogP) is 2.32. The molecule has 13 heteroatoms. The lowest BCUT2D eigenvalue weighted by Crippen LogP contribution is -2.83. The number of carbonyl (C=O) groups is 2. The highest BCUT2D eigenvalue weighted by Crippen LogP contribution is 2.40. The van der Waals surface area contributed by atoms with Gasteiger partial charge in [-0.1, -0.05) is 29.3 Å². The number of amides is 2. The molecule has 2 fully saturated rings. The van der Waals surface area contributed by atoms with E-state index in [-0.39, 0.29) is 27.0 Å². The van der Waals surface area contributed by atoms with Crippen LogP contribution in [0.4, 0.5) is 8.78 Å². The summed E-state index contributed by atoms with van der Waals surface area (Å²) in [6.07, 6.45) is -0.403. The van der Waals surface area contributed by atoms with Crippen LogP contribution in [0.2, 0.25) is 10.0 Å². The predicted molar refractivity (Wildman–Crippen MR) is 130 cm³/mol. The average Bonchev–Trinajstić information content (AvgIpc) is 2.79. The number of sulfone groups is 1. The number of nitrogens with zero attached hydrogens (tertiary/aromatic N) is 2. The van der Waals surface area contributed by atoms with E-state index >= 15 is 0 Å². The Kier molecular flexibility index (Phi) is 7.08. The van der Waals surface area contributed by atoms with Gasteiger partial charge in [0.25, 0.3) is 0 Å². The molecule has 0 bridgehead atoms. The first-order chi connectivity index (χ1) is 16.8. The molecule has 2 aromatic rings. The van der Waals surface area contributed by atoms with Crippen LogP contribution in [0.1, 0.15) is 19.4 Å². The smallest absolute Gasteiger partial charge is 0.246 e. The SMILES string of the molecule is CC(C)N1CC2(S(=O)(=O)c3ccc(Cl)cc3Cl)NCC(N)C(=O)N2C(Cc2ccc(F)cc2F)C1=O. The molecule has 0 spiro atoms. The summed E-state index contributed by atoms with van der Waals surface area (Å²) in [5.41, 5.74) is 5.91. The number of hydrogen-bond donors (Lipinski definition) is 2. The third-order valence-corrected chi connectivity index (χ3v) is 9.44. The van der Waals surface area contributed by atoms with Crippen molar-refractivity contribution in [3.8, 4) is 0 Å². The summed E-state index contributed by atoms with van der Waals surface area (Å²) < 4.78 is 56.6. The van der Waals surface area contributed by atoms with Crippen LogP contribution >= 0.6 is 23.2 Å². The largest absolute Gasteiger partial charge is 0.334 e. The summed E-state index contributed by atoms with van der Waals surface area (Å²) >= 11 is 12.2. The maximum absolute atomic E-state index is 14.6. The molecule has 3 unspecified atom stereocenters. The van der Waals surface area contributed by atoms with E-state index in [1.54, 1.807) is 13.8 Å². The van der Waals surface area contributed by atoms with Gasteiger partial charge in [0, 0.05) is 30.1 Å². The summed E-state index contributed by atoms with van der Waals surface area (Å²) in [6, 6.07) is 3.57. The van der Waals surface area contributed by atoms with Crippen molar-refractivity contribution >= 4 is 44.9 Å². The topological polar surface area (TPSA) is 113 Å². The molecule has 194 valence electrons. The van der Waals surface area contributed by atoms with Crippen LogP contribution in [0.5, 0.6) is 0 Å². The fraction of sp³-hybridized carbons (Fsp3) is 0.391. The van der Waals surface area contributed by atoms with Crippen LogP contribution in [0.25, 0.3) is 0 Å². The molecular weight excluding hydrogens is 537 g/mol. The second kappa shape index (κ2) is 9.53. The first-order valence-corrected chi connectivity index (χ1v) is 13.3. The van der Waals surface area contributed by atoms with Crippen molar-refractivity contribution in [1.29, 1.82) is 0 Å². The molecule has 2 amide bonds. The van der Waals surface area contributed by atoms with Crippen LogP contribution in [-0.2, 0) is 25.8 Å². The first kappa shape index (κ1) is 26.7. The number of halogens is 4. The van der Waals surface area contributed by atoms with Crippen molar-refractivity contribution in [2.45, 2.75) is 48.3 Å².